The van der Waals surface area contributed by atoms with Crippen LogP contribution in [0.3, 0.4) is 0 Å². The Morgan fingerprint density at radius 1 is 1.50 bits per heavy atom. The highest BCUT2D eigenvalue weighted by Gasteiger charge is 2.39. The maximum atomic E-state index is 12.2. The van der Waals surface area contributed by atoms with Crippen LogP contribution in [-0.4, -0.2) is 26.2 Å². The molecule has 0 saturated heterocycles. The lowest BCUT2D eigenvalue weighted by Crippen LogP contribution is -2.50. The van der Waals surface area contributed by atoms with Crippen LogP contribution >= 0.6 is 15.9 Å². The summed E-state index contributed by atoms with van der Waals surface area (Å²) >= 11 is 3.37. The van der Waals surface area contributed by atoms with E-state index in [0.717, 1.165) is 10.0 Å². The Morgan fingerprint density at radius 2 is 2.15 bits per heavy atom. The molecule has 1 unspecified atom stereocenters. The molecule has 1 N–H and O–H groups in total. The van der Waals surface area contributed by atoms with Crippen molar-refractivity contribution in [3.63, 3.8) is 0 Å². The van der Waals surface area contributed by atoms with Crippen molar-refractivity contribution in [3.05, 3.63) is 44.7 Å². The molecule has 0 aliphatic heterocycles. The van der Waals surface area contributed by atoms with Crippen molar-refractivity contribution in [1.82, 2.24) is 5.32 Å². The van der Waals surface area contributed by atoms with E-state index in [-0.39, 0.29) is 12.5 Å². The van der Waals surface area contributed by atoms with E-state index in [1.807, 2.05) is 31.2 Å². The summed E-state index contributed by atoms with van der Waals surface area (Å²) in [5, 5.41) is 6.61. The molecule has 0 aromatic heterocycles. The third-order valence-electron chi connectivity index (χ3n) is 3.10. The van der Waals surface area contributed by atoms with Crippen molar-refractivity contribution in [3.8, 4) is 0 Å². The molecule has 7 heteroatoms. The standard InChI is InChI=1S/C13H17BrN4O2/c1-3-13(12(19)20-2,16-8-9-17-18-15)10-4-6-11(14)7-5-10/h4-7,16H,3,8-9H2,1-2H3. The molecule has 1 aromatic rings. The van der Waals surface area contributed by atoms with Crippen molar-refractivity contribution < 1.29 is 9.53 Å². The van der Waals surface area contributed by atoms with Gasteiger partial charge in [-0.3, -0.25) is 5.32 Å². The summed E-state index contributed by atoms with van der Waals surface area (Å²) in [6, 6.07) is 7.48. The van der Waals surface area contributed by atoms with E-state index in [4.69, 9.17) is 10.3 Å². The van der Waals surface area contributed by atoms with Gasteiger partial charge in [-0.15, -0.1) is 0 Å². The van der Waals surface area contributed by atoms with E-state index < -0.39 is 5.54 Å². The van der Waals surface area contributed by atoms with Crippen molar-refractivity contribution in [2.75, 3.05) is 20.2 Å². The first kappa shape index (κ1) is 16.5. The SMILES string of the molecule is CCC(NCCN=[N+]=[N-])(C(=O)OC)c1ccc(Br)cc1. The molecule has 0 amide bonds. The first-order valence-corrected chi connectivity index (χ1v) is 7.00. The zero-order valence-corrected chi connectivity index (χ0v) is 13.1. The molecule has 6 nitrogen and oxygen atoms in total. The number of halogens is 1. The predicted octanol–water partition coefficient (Wildman–Crippen LogP) is 3.13. The largest absolute Gasteiger partial charge is 0.467 e. The van der Waals surface area contributed by atoms with Gasteiger partial charge in [0.1, 0.15) is 5.54 Å². The highest BCUT2D eigenvalue weighted by atomic mass is 79.9. The lowest BCUT2D eigenvalue weighted by atomic mass is 9.87. The summed E-state index contributed by atoms with van der Waals surface area (Å²) in [5.74, 6) is -0.358. The van der Waals surface area contributed by atoms with Gasteiger partial charge in [-0.2, -0.15) is 0 Å². The Morgan fingerprint density at radius 3 is 2.65 bits per heavy atom. The van der Waals surface area contributed by atoms with Crippen LogP contribution in [0, 0.1) is 0 Å². The number of esters is 1. The molecule has 0 fully saturated rings. The summed E-state index contributed by atoms with van der Waals surface area (Å²) in [6.45, 7) is 2.56. The number of nitrogens with one attached hydrogen (secondary N) is 1. The van der Waals surface area contributed by atoms with Gasteiger partial charge in [0.2, 0.25) is 0 Å². The molecule has 1 rings (SSSR count). The number of azide groups is 1. The third-order valence-corrected chi connectivity index (χ3v) is 3.63. The zero-order chi connectivity index (χ0) is 15.0. The van der Waals surface area contributed by atoms with Crippen LogP contribution in [0.1, 0.15) is 18.9 Å². The summed E-state index contributed by atoms with van der Waals surface area (Å²) in [5.41, 5.74) is 8.18. The Bertz CT molecular complexity index is 500. The Hall–Kier alpha value is -1.56. The van der Waals surface area contributed by atoms with E-state index >= 15 is 0 Å². The van der Waals surface area contributed by atoms with Gasteiger partial charge in [0.15, 0.2) is 0 Å². The highest BCUT2D eigenvalue weighted by molar-refractivity contribution is 9.10. The highest BCUT2D eigenvalue weighted by Crippen LogP contribution is 2.28. The molecule has 108 valence electrons. The minimum atomic E-state index is -0.930. The van der Waals surface area contributed by atoms with Crippen molar-refractivity contribution >= 4 is 21.9 Å². The Labute approximate surface area is 126 Å². The second kappa shape index (κ2) is 7.89. The zero-order valence-electron chi connectivity index (χ0n) is 11.5. The maximum Gasteiger partial charge on any atom is 0.330 e. The number of rotatable bonds is 7. The first-order chi connectivity index (χ1) is 9.60. The molecule has 0 aliphatic rings. The minimum Gasteiger partial charge on any atom is -0.467 e. The van der Waals surface area contributed by atoms with Gasteiger partial charge in [0.25, 0.3) is 0 Å². The number of benzene rings is 1. The summed E-state index contributed by atoms with van der Waals surface area (Å²) in [6.07, 6.45) is 0.525. The number of methoxy groups -OCH3 is 1. The molecule has 0 aliphatic carbocycles. The van der Waals surface area contributed by atoms with Crippen LogP contribution in [0.5, 0.6) is 0 Å². The van der Waals surface area contributed by atoms with Crippen molar-refractivity contribution in [2.24, 2.45) is 5.11 Å². The summed E-state index contributed by atoms with van der Waals surface area (Å²) < 4.78 is 5.87. The number of ether oxygens (including phenoxy) is 1. The van der Waals surface area contributed by atoms with Crippen LogP contribution in [0.4, 0.5) is 0 Å². The second-order valence-corrected chi connectivity index (χ2v) is 5.05. The van der Waals surface area contributed by atoms with Gasteiger partial charge in [-0.05, 0) is 29.6 Å². The van der Waals surface area contributed by atoms with Gasteiger partial charge in [0, 0.05) is 22.5 Å². The van der Waals surface area contributed by atoms with Crippen molar-refractivity contribution in [2.45, 2.75) is 18.9 Å². The summed E-state index contributed by atoms with van der Waals surface area (Å²) in [7, 11) is 1.36. The maximum absolute atomic E-state index is 12.2. The van der Waals surface area contributed by atoms with Crippen LogP contribution in [-0.2, 0) is 15.1 Å². The van der Waals surface area contributed by atoms with Gasteiger partial charge >= 0.3 is 5.97 Å². The lowest BCUT2D eigenvalue weighted by molar-refractivity contribution is -0.149. The van der Waals surface area contributed by atoms with Crippen LogP contribution < -0.4 is 5.32 Å². The normalized spacial score (nSPS) is 13.2. The molecule has 0 radical (unpaired) electrons. The van der Waals surface area contributed by atoms with Gasteiger partial charge < -0.3 is 4.74 Å². The van der Waals surface area contributed by atoms with E-state index in [1.54, 1.807) is 0 Å². The minimum absolute atomic E-state index is 0.270. The average molecular weight is 341 g/mol. The van der Waals surface area contributed by atoms with E-state index in [9.17, 15) is 4.79 Å². The van der Waals surface area contributed by atoms with E-state index in [1.165, 1.54) is 7.11 Å². The van der Waals surface area contributed by atoms with Gasteiger partial charge in [0.05, 0.1) is 7.11 Å². The molecule has 0 bridgehead atoms. The molecule has 0 saturated carbocycles. The average Bonchev–Trinajstić information content (AvgIpc) is 2.48. The van der Waals surface area contributed by atoms with Crippen molar-refractivity contribution in [1.29, 1.82) is 0 Å². The second-order valence-electron chi connectivity index (χ2n) is 4.14. The van der Waals surface area contributed by atoms with Crippen LogP contribution in [0.25, 0.3) is 10.4 Å². The summed E-state index contributed by atoms with van der Waals surface area (Å²) in [4.78, 5) is 14.9. The van der Waals surface area contributed by atoms with E-state index in [2.05, 4.69) is 31.3 Å². The third kappa shape index (κ3) is 3.72. The molecular formula is C13H17BrN4O2. The molecule has 0 heterocycles. The first-order valence-electron chi connectivity index (χ1n) is 6.21. The Balaban J connectivity index is 3.07. The van der Waals surface area contributed by atoms with Crippen LogP contribution in [0.15, 0.2) is 33.9 Å². The fourth-order valence-corrected chi connectivity index (χ4v) is 2.30. The predicted molar refractivity (Wildman–Crippen MR) is 80.1 cm³/mol. The van der Waals surface area contributed by atoms with E-state index in [0.29, 0.717) is 13.0 Å². The molecule has 1 atom stereocenters. The fraction of sp³-hybridized carbons (Fsp3) is 0.462. The number of carbonyl (C=O) groups excluding carboxylic acids is 1. The number of carbonyl (C=O) groups is 1. The lowest BCUT2D eigenvalue weighted by Gasteiger charge is -2.31. The van der Waals surface area contributed by atoms with Gasteiger partial charge in [-0.1, -0.05) is 40.1 Å². The smallest absolute Gasteiger partial charge is 0.330 e. The number of hydrogen-bond donors (Lipinski definition) is 1. The topological polar surface area (TPSA) is 87.1 Å². The number of hydrogen-bond acceptors (Lipinski definition) is 4. The molecule has 1 aromatic carbocycles. The Kier molecular flexibility index (Phi) is 6.51. The quantitative estimate of drug-likeness (QED) is 0.272. The van der Waals surface area contributed by atoms with Crippen LogP contribution in [0.2, 0.25) is 0 Å². The molecule has 0 spiro atoms. The molecule has 20 heavy (non-hydrogen) atoms. The van der Waals surface area contributed by atoms with Gasteiger partial charge in [-0.25, -0.2) is 4.79 Å². The fourth-order valence-electron chi connectivity index (χ4n) is 2.04. The number of nitrogens with zero attached hydrogens (tertiary/aromatic N) is 3. The molecular weight excluding hydrogens is 324 g/mol. The monoisotopic (exact) mass is 340 g/mol.